The highest BCUT2D eigenvalue weighted by Crippen LogP contribution is 2.52. The molecule has 0 amide bonds. The van der Waals surface area contributed by atoms with E-state index in [1.807, 2.05) is 72.8 Å². The summed E-state index contributed by atoms with van der Waals surface area (Å²) in [6, 6.07) is 19.0. The van der Waals surface area contributed by atoms with Gasteiger partial charge in [0.15, 0.2) is 5.50 Å². The van der Waals surface area contributed by atoms with Gasteiger partial charge in [-0.05, 0) is 31.3 Å². The normalized spacial score (nSPS) is 20.2. The van der Waals surface area contributed by atoms with Crippen molar-refractivity contribution in [2.24, 2.45) is 11.8 Å². The lowest BCUT2D eigenvalue weighted by molar-refractivity contribution is -0.121. The second-order valence-corrected chi connectivity index (χ2v) is 9.85. The average Bonchev–Trinajstić information content (AvgIpc) is 3.09. The molecule has 1 fully saturated rings. The van der Waals surface area contributed by atoms with Crippen LogP contribution in [0.5, 0.6) is 0 Å². The number of carbonyl (C=O) groups excluding carboxylic acids is 1. The summed E-state index contributed by atoms with van der Waals surface area (Å²) in [4.78, 5) is 12.2. The van der Waals surface area contributed by atoms with Crippen LogP contribution in [-0.4, -0.2) is 12.9 Å². The van der Waals surface area contributed by atoms with Gasteiger partial charge in [-0.25, -0.2) is 0 Å². The fourth-order valence-corrected chi connectivity index (χ4v) is 6.65. The van der Waals surface area contributed by atoms with Crippen LogP contribution in [0.2, 0.25) is 0 Å². The van der Waals surface area contributed by atoms with Crippen LogP contribution < -0.4 is 10.6 Å². The van der Waals surface area contributed by atoms with Gasteiger partial charge >= 0.3 is 0 Å². The van der Waals surface area contributed by atoms with E-state index in [1.165, 1.54) is 0 Å². The summed E-state index contributed by atoms with van der Waals surface area (Å²) in [6.45, 7) is 3.79. The topological polar surface area (TPSA) is 43.4 Å². The zero-order valence-electron chi connectivity index (χ0n) is 16.3. The average molecular weight is 394 g/mol. The Morgan fingerprint density at radius 2 is 1.64 bits per heavy atom. The summed E-state index contributed by atoms with van der Waals surface area (Å²) in [5.74, 6) is 0.571. The lowest BCUT2D eigenvalue weighted by atomic mass is 9.90. The van der Waals surface area contributed by atoms with Crippen molar-refractivity contribution in [2.45, 2.75) is 25.7 Å². The van der Waals surface area contributed by atoms with Crippen molar-refractivity contribution < 1.29 is 14.1 Å². The Kier molecular flexibility index (Phi) is 6.70. The molecular formula is C24H27O3P. The number of methoxy groups -OCH3 is 1. The van der Waals surface area contributed by atoms with Gasteiger partial charge in [0, 0.05) is 22.9 Å². The highest BCUT2D eigenvalue weighted by molar-refractivity contribution is 7.82. The molecule has 0 N–H and O–H groups in total. The van der Waals surface area contributed by atoms with Gasteiger partial charge in [0.25, 0.3) is 0 Å². The Morgan fingerprint density at radius 1 is 1.07 bits per heavy atom. The summed E-state index contributed by atoms with van der Waals surface area (Å²) in [6.07, 6.45) is 6.63. The molecule has 0 radical (unpaired) electrons. The molecule has 2 aromatic carbocycles. The Balaban J connectivity index is 1.98. The molecule has 0 aromatic heterocycles. The molecule has 2 aromatic rings. The zero-order valence-corrected chi connectivity index (χ0v) is 17.2. The molecule has 2 atom stereocenters. The molecule has 0 aliphatic heterocycles. The largest absolute Gasteiger partial charge is 0.493 e. The summed E-state index contributed by atoms with van der Waals surface area (Å²) in [5.41, 5.74) is 0.488. The Labute approximate surface area is 167 Å². The molecule has 146 valence electrons. The van der Waals surface area contributed by atoms with E-state index in [0.29, 0.717) is 30.5 Å². The number of ketones is 1. The van der Waals surface area contributed by atoms with Gasteiger partial charge in [-0.3, -0.25) is 4.79 Å². The van der Waals surface area contributed by atoms with Crippen LogP contribution >= 0.6 is 7.14 Å². The Bertz CT molecular complexity index is 843. The first kappa shape index (κ1) is 20.4. The van der Waals surface area contributed by atoms with E-state index in [0.717, 1.165) is 17.0 Å². The van der Waals surface area contributed by atoms with E-state index < -0.39 is 7.14 Å². The number of allylic oxidation sites excluding steroid dienone is 2. The third kappa shape index (κ3) is 4.05. The van der Waals surface area contributed by atoms with Crippen molar-refractivity contribution >= 4 is 23.5 Å². The van der Waals surface area contributed by atoms with Gasteiger partial charge < -0.3 is 9.30 Å². The fraction of sp³-hybridized carbons (Fsp3) is 0.292. The number of hydrogen-bond donors (Lipinski definition) is 0. The number of Topliss-reactive ketones (excluding diaryl/α,β-unsaturated/α-hetero) is 1. The maximum atomic E-state index is 14.3. The molecular weight excluding hydrogens is 367 g/mol. The smallest absolute Gasteiger partial charge is 0.203 e. The molecule has 0 spiro atoms. The van der Waals surface area contributed by atoms with E-state index in [2.05, 4.69) is 6.58 Å². The zero-order chi connectivity index (χ0) is 20.0. The molecule has 1 aliphatic rings. The minimum atomic E-state index is -3.11. The molecule has 3 rings (SSSR count). The van der Waals surface area contributed by atoms with E-state index in [4.69, 9.17) is 4.74 Å². The molecule has 1 aliphatic carbocycles. The minimum absolute atomic E-state index is 0.0136. The third-order valence-corrected chi connectivity index (χ3v) is 8.56. The third-order valence-electron chi connectivity index (χ3n) is 5.52. The Morgan fingerprint density at radius 3 is 2.14 bits per heavy atom. The second kappa shape index (κ2) is 9.21. The van der Waals surface area contributed by atoms with Crippen molar-refractivity contribution in [3.8, 4) is 0 Å². The van der Waals surface area contributed by atoms with Crippen LogP contribution in [-0.2, 0) is 14.1 Å². The van der Waals surface area contributed by atoms with E-state index >= 15 is 0 Å². The molecule has 28 heavy (non-hydrogen) atoms. The van der Waals surface area contributed by atoms with Crippen molar-refractivity contribution in [1.82, 2.24) is 0 Å². The summed E-state index contributed by atoms with van der Waals surface area (Å²) in [5, 5.41) is 1.50. The molecule has 0 unspecified atom stereocenters. The molecule has 4 heteroatoms. The fourth-order valence-electron chi connectivity index (χ4n) is 4.03. The van der Waals surface area contributed by atoms with Crippen molar-refractivity contribution in [2.75, 3.05) is 7.11 Å². The lowest BCUT2D eigenvalue weighted by Gasteiger charge is -2.22. The quantitative estimate of drug-likeness (QED) is 0.357. The number of benzene rings is 2. The number of carbonyl (C=O) groups is 1. The summed E-state index contributed by atoms with van der Waals surface area (Å²) >= 11 is 0. The maximum Gasteiger partial charge on any atom is 0.203 e. The second-order valence-electron chi connectivity index (χ2n) is 7.16. The summed E-state index contributed by atoms with van der Waals surface area (Å²) in [7, 11) is -1.53. The van der Waals surface area contributed by atoms with Gasteiger partial charge in [0.1, 0.15) is 5.78 Å². The van der Waals surface area contributed by atoms with E-state index in [9.17, 15) is 9.36 Å². The predicted molar refractivity (Wildman–Crippen MR) is 116 cm³/mol. The van der Waals surface area contributed by atoms with Crippen LogP contribution in [0, 0.1) is 11.8 Å². The first-order valence-corrected chi connectivity index (χ1v) is 11.4. The van der Waals surface area contributed by atoms with Crippen LogP contribution in [0.1, 0.15) is 25.7 Å². The highest BCUT2D eigenvalue weighted by atomic mass is 31.2. The van der Waals surface area contributed by atoms with Gasteiger partial charge in [0.05, 0.1) is 7.11 Å². The van der Waals surface area contributed by atoms with Gasteiger partial charge in [0.2, 0.25) is 7.14 Å². The predicted octanol–water partition coefficient (Wildman–Crippen LogP) is 5.05. The van der Waals surface area contributed by atoms with Gasteiger partial charge in [-0.15, -0.1) is 6.58 Å². The molecule has 0 saturated heterocycles. The molecule has 3 nitrogen and oxygen atoms in total. The monoisotopic (exact) mass is 394 g/mol. The number of hydrogen-bond acceptors (Lipinski definition) is 3. The van der Waals surface area contributed by atoms with Gasteiger partial charge in [-0.2, -0.15) is 0 Å². The van der Waals surface area contributed by atoms with Gasteiger partial charge in [-0.1, -0.05) is 66.7 Å². The van der Waals surface area contributed by atoms with Crippen LogP contribution in [0.4, 0.5) is 0 Å². The van der Waals surface area contributed by atoms with E-state index in [-0.39, 0.29) is 11.8 Å². The lowest BCUT2D eigenvalue weighted by Crippen LogP contribution is -2.19. The highest BCUT2D eigenvalue weighted by Gasteiger charge is 2.36. The SMILES string of the molecule is C=CC[C@H]1C(=O)CC[C@@H]1C/C=C(\OC)P(=O)(c1ccccc1)c1ccccc1. The number of rotatable bonds is 8. The van der Waals surface area contributed by atoms with Crippen molar-refractivity contribution in [1.29, 1.82) is 0 Å². The van der Waals surface area contributed by atoms with Crippen LogP contribution in [0.3, 0.4) is 0 Å². The number of ether oxygens (including phenoxy) is 1. The van der Waals surface area contributed by atoms with Crippen LogP contribution in [0.15, 0.2) is 84.9 Å². The van der Waals surface area contributed by atoms with E-state index in [1.54, 1.807) is 7.11 Å². The van der Waals surface area contributed by atoms with Crippen molar-refractivity contribution in [3.63, 3.8) is 0 Å². The summed E-state index contributed by atoms with van der Waals surface area (Å²) < 4.78 is 20.0. The standard InChI is InChI=1S/C24H27O3P/c1-3-10-22-19(15-17-23(22)25)16-18-24(27-2)28(26,20-11-6-4-7-12-20)21-13-8-5-9-14-21/h3-9,11-14,18-19,22H,1,10,15-17H2,2H3/b24-18+/t19-,22-/m1/s1. The first-order valence-electron chi connectivity index (χ1n) is 9.70. The minimum Gasteiger partial charge on any atom is -0.493 e. The molecule has 0 heterocycles. The van der Waals surface area contributed by atoms with Crippen LogP contribution in [0.25, 0.3) is 0 Å². The first-order chi connectivity index (χ1) is 13.6. The molecule has 1 saturated carbocycles. The molecule has 0 bridgehead atoms. The Hall–Kier alpha value is -2.38. The maximum absolute atomic E-state index is 14.3. The van der Waals surface area contributed by atoms with Crippen molar-refractivity contribution in [3.05, 3.63) is 84.9 Å².